The number of aromatic nitrogens is 1. The molecule has 1 heterocycles. The first-order chi connectivity index (χ1) is 8.16. The highest BCUT2D eigenvalue weighted by atomic mass is 79.9. The number of alkyl halides is 1. The van der Waals surface area contributed by atoms with Crippen LogP contribution in [0.4, 0.5) is 5.82 Å². The molecule has 2 atom stereocenters. The van der Waals surface area contributed by atoms with Crippen LogP contribution in [0.2, 0.25) is 5.02 Å². The molecule has 1 N–H and O–H groups in total. The van der Waals surface area contributed by atoms with Crippen molar-refractivity contribution >= 4 is 44.9 Å². The van der Waals surface area contributed by atoms with E-state index in [1.165, 1.54) is 19.3 Å². The van der Waals surface area contributed by atoms with Crippen molar-refractivity contribution in [2.24, 2.45) is 5.92 Å². The van der Waals surface area contributed by atoms with Gasteiger partial charge in [0, 0.05) is 18.1 Å². The monoisotopic (exact) mass is 336 g/mol. The lowest BCUT2D eigenvalue weighted by atomic mass is 9.89. The Morgan fingerprint density at radius 3 is 2.88 bits per heavy atom. The molecule has 5 heteroatoms. The van der Waals surface area contributed by atoms with E-state index in [1.807, 2.05) is 6.07 Å². The lowest BCUT2D eigenvalue weighted by molar-refractivity contribution is 0.380. The Kier molecular flexibility index (Phi) is 4.95. The fourth-order valence-corrected chi connectivity index (χ4v) is 3.31. The molecular weight excluding hydrogens is 323 g/mol. The molecule has 2 nitrogen and oxygen atoms in total. The molecule has 2 rings (SSSR count). The number of hydrogen-bond donors (Lipinski definition) is 1. The highest BCUT2D eigenvalue weighted by Gasteiger charge is 2.22. The van der Waals surface area contributed by atoms with Crippen LogP contribution in [-0.4, -0.2) is 16.9 Å². The topological polar surface area (TPSA) is 24.9 Å². The van der Waals surface area contributed by atoms with Crippen LogP contribution in [0, 0.1) is 5.92 Å². The van der Waals surface area contributed by atoms with Crippen molar-refractivity contribution in [3.05, 3.63) is 21.8 Å². The highest BCUT2D eigenvalue weighted by molar-refractivity contribution is 9.10. The van der Waals surface area contributed by atoms with E-state index in [0.29, 0.717) is 16.3 Å². The Balaban J connectivity index is 1.92. The van der Waals surface area contributed by atoms with Crippen LogP contribution in [-0.2, 0) is 0 Å². The summed E-state index contributed by atoms with van der Waals surface area (Å²) in [5.41, 5.74) is 0. The zero-order valence-corrected chi connectivity index (χ0v) is 12.5. The molecule has 1 saturated carbocycles. The number of pyridine rings is 1. The summed E-state index contributed by atoms with van der Waals surface area (Å²) in [6.07, 6.45) is 6.52. The molecule has 0 spiro atoms. The minimum Gasteiger partial charge on any atom is -0.369 e. The summed E-state index contributed by atoms with van der Waals surface area (Å²) in [4.78, 5) is 4.25. The molecule has 0 radical (unpaired) electrons. The molecule has 1 aromatic heterocycles. The van der Waals surface area contributed by atoms with Crippen LogP contribution in [0.15, 0.2) is 16.7 Å². The second-order valence-corrected chi connectivity index (χ2v) is 6.28. The van der Waals surface area contributed by atoms with Gasteiger partial charge in [-0.05, 0) is 40.8 Å². The van der Waals surface area contributed by atoms with Gasteiger partial charge in [-0.3, -0.25) is 0 Å². The van der Waals surface area contributed by atoms with Crippen LogP contribution < -0.4 is 5.32 Å². The Hall–Kier alpha value is 0.01000. The van der Waals surface area contributed by atoms with Gasteiger partial charge in [0.15, 0.2) is 0 Å². The Bertz CT molecular complexity index is 387. The smallest absolute Gasteiger partial charge is 0.140 e. The second kappa shape index (κ2) is 6.26. The van der Waals surface area contributed by atoms with Gasteiger partial charge in [0.1, 0.15) is 5.82 Å². The molecule has 17 heavy (non-hydrogen) atoms. The number of anilines is 1. The predicted molar refractivity (Wildman–Crippen MR) is 77.0 cm³/mol. The van der Waals surface area contributed by atoms with Crippen molar-refractivity contribution in [2.45, 2.75) is 31.1 Å². The van der Waals surface area contributed by atoms with E-state index >= 15 is 0 Å². The van der Waals surface area contributed by atoms with Gasteiger partial charge < -0.3 is 5.32 Å². The van der Waals surface area contributed by atoms with Crippen molar-refractivity contribution in [3.63, 3.8) is 0 Å². The van der Waals surface area contributed by atoms with Gasteiger partial charge in [-0.15, -0.1) is 11.6 Å². The summed E-state index contributed by atoms with van der Waals surface area (Å²) < 4.78 is 0.895. The van der Waals surface area contributed by atoms with Gasteiger partial charge in [-0.1, -0.05) is 24.4 Å². The minimum atomic E-state index is 0.294. The second-order valence-electron chi connectivity index (χ2n) is 4.43. The largest absolute Gasteiger partial charge is 0.369 e. The number of hydrogen-bond acceptors (Lipinski definition) is 2. The SMILES string of the molecule is Clc1cnc(NCC2CCCCC2Cl)c(Br)c1. The average molecular weight is 338 g/mol. The molecule has 1 aromatic rings. The van der Waals surface area contributed by atoms with Gasteiger partial charge >= 0.3 is 0 Å². The lowest BCUT2D eigenvalue weighted by Crippen LogP contribution is -2.27. The third-order valence-corrected chi connectivity index (χ3v) is 4.54. The predicted octanol–water partition coefficient (Wildman–Crippen LogP) is 4.71. The molecule has 1 aliphatic carbocycles. The van der Waals surface area contributed by atoms with E-state index in [0.717, 1.165) is 23.3 Å². The van der Waals surface area contributed by atoms with E-state index in [-0.39, 0.29) is 0 Å². The standard InChI is InChI=1S/C12H15BrCl2N2/c13-10-5-9(14)7-17-12(10)16-6-8-3-1-2-4-11(8)15/h5,7-8,11H,1-4,6H2,(H,16,17). The van der Waals surface area contributed by atoms with E-state index in [2.05, 4.69) is 26.2 Å². The fourth-order valence-electron chi connectivity index (χ4n) is 2.16. The molecule has 94 valence electrons. The van der Waals surface area contributed by atoms with Crippen LogP contribution in [0.5, 0.6) is 0 Å². The molecule has 0 amide bonds. The molecule has 1 aliphatic rings. The quantitative estimate of drug-likeness (QED) is 0.808. The molecule has 1 fully saturated rings. The molecule has 0 saturated heterocycles. The first kappa shape index (κ1) is 13.4. The zero-order valence-electron chi connectivity index (χ0n) is 9.43. The molecule has 0 aromatic carbocycles. The van der Waals surface area contributed by atoms with Gasteiger partial charge in [0.25, 0.3) is 0 Å². The number of nitrogens with one attached hydrogen (secondary N) is 1. The summed E-state index contributed by atoms with van der Waals surface area (Å²) in [6.45, 7) is 0.876. The zero-order chi connectivity index (χ0) is 12.3. The van der Waals surface area contributed by atoms with Crippen molar-refractivity contribution in [1.82, 2.24) is 4.98 Å². The van der Waals surface area contributed by atoms with Crippen molar-refractivity contribution in [1.29, 1.82) is 0 Å². The molecule has 2 unspecified atom stereocenters. The number of halogens is 3. The van der Waals surface area contributed by atoms with E-state index in [4.69, 9.17) is 23.2 Å². The lowest BCUT2D eigenvalue weighted by Gasteiger charge is -2.27. The number of nitrogens with zero attached hydrogens (tertiary/aromatic N) is 1. The Morgan fingerprint density at radius 1 is 1.41 bits per heavy atom. The first-order valence-electron chi connectivity index (χ1n) is 5.86. The summed E-state index contributed by atoms with van der Waals surface area (Å²) in [5.74, 6) is 1.37. The molecular formula is C12H15BrCl2N2. The third kappa shape index (κ3) is 3.73. The molecule has 0 bridgehead atoms. The van der Waals surface area contributed by atoms with Gasteiger partial charge in [0.2, 0.25) is 0 Å². The van der Waals surface area contributed by atoms with Crippen molar-refractivity contribution in [2.75, 3.05) is 11.9 Å². The van der Waals surface area contributed by atoms with E-state index in [9.17, 15) is 0 Å². The number of rotatable bonds is 3. The van der Waals surface area contributed by atoms with Crippen LogP contribution in [0.1, 0.15) is 25.7 Å². The minimum absolute atomic E-state index is 0.294. The molecule has 0 aliphatic heterocycles. The highest BCUT2D eigenvalue weighted by Crippen LogP contribution is 2.30. The van der Waals surface area contributed by atoms with Crippen LogP contribution >= 0.6 is 39.1 Å². The Labute approximate surface area is 120 Å². The summed E-state index contributed by atoms with van der Waals surface area (Å²) in [6, 6.07) is 1.84. The van der Waals surface area contributed by atoms with Crippen LogP contribution in [0.3, 0.4) is 0 Å². The first-order valence-corrected chi connectivity index (χ1v) is 7.46. The van der Waals surface area contributed by atoms with Gasteiger partial charge in [0.05, 0.1) is 9.50 Å². The van der Waals surface area contributed by atoms with Crippen molar-refractivity contribution in [3.8, 4) is 0 Å². The van der Waals surface area contributed by atoms with Gasteiger partial charge in [-0.2, -0.15) is 0 Å². The fraction of sp³-hybridized carbons (Fsp3) is 0.583. The summed E-state index contributed by atoms with van der Waals surface area (Å²) in [5, 5.41) is 4.27. The maximum absolute atomic E-state index is 6.32. The average Bonchev–Trinajstić information content (AvgIpc) is 2.30. The summed E-state index contributed by atoms with van der Waals surface area (Å²) >= 11 is 15.6. The maximum atomic E-state index is 6.32. The van der Waals surface area contributed by atoms with E-state index in [1.54, 1.807) is 6.20 Å². The van der Waals surface area contributed by atoms with Gasteiger partial charge in [-0.25, -0.2) is 4.98 Å². The summed E-state index contributed by atoms with van der Waals surface area (Å²) in [7, 11) is 0. The van der Waals surface area contributed by atoms with E-state index < -0.39 is 0 Å². The third-order valence-electron chi connectivity index (χ3n) is 3.16. The van der Waals surface area contributed by atoms with Crippen molar-refractivity contribution < 1.29 is 0 Å². The maximum Gasteiger partial charge on any atom is 0.140 e. The van der Waals surface area contributed by atoms with Crippen LogP contribution in [0.25, 0.3) is 0 Å². The normalized spacial score (nSPS) is 24.6. The Morgan fingerprint density at radius 2 is 2.18 bits per heavy atom.